The maximum atomic E-state index is 13.2. The molecule has 3 nitrogen and oxygen atoms in total. The molecular weight excluding hydrogens is 353 g/mol. The maximum Gasteiger partial charge on any atom is 0.418 e. The summed E-state index contributed by atoms with van der Waals surface area (Å²) in [6.45, 7) is 1.90. The van der Waals surface area contributed by atoms with Gasteiger partial charge in [-0.05, 0) is 48.9 Å². The number of rotatable bonds is 4. The van der Waals surface area contributed by atoms with E-state index in [1.807, 2.05) is 25.1 Å². The number of para-hydroxylation sites is 2. The van der Waals surface area contributed by atoms with Gasteiger partial charge in [0.15, 0.2) is 0 Å². The van der Waals surface area contributed by atoms with E-state index >= 15 is 0 Å². The van der Waals surface area contributed by atoms with Crippen molar-refractivity contribution in [1.29, 1.82) is 0 Å². The first-order chi connectivity index (χ1) is 12.8. The van der Waals surface area contributed by atoms with Gasteiger partial charge in [0.25, 0.3) is 5.91 Å². The molecule has 6 heteroatoms. The van der Waals surface area contributed by atoms with E-state index in [-0.39, 0.29) is 11.3 Å². The van der Waals surface area contributed by atoms with Crippen LogP contribution in [0.25, 0.3) is 0 Å². The highest BCUT2D eigenvalue weighted by atomic mass is 19.4. The zero-order chi connectivity index (χ0) is 19.4. The van der Waals surface area contributed by atoms with E-state index < -0.39 is 17.6 Å². The lowest BCUT2D eigenvalue weighted by molar-refractivity contribution is -0.136. The number of hydrogen-bond donors (Lipinski definition) is 2. The Morgan fingerprint density at radius 3 is 2.22 bits per heavy atom. The van der Waals surface area contributed by atoms with Crippen molar-refractivity contribution in [2.75, 3.05) is 10.6 Å². The lowest BCUT2D eigenvalue weighted by Crippen LogP contribution is -2.15. The first-order valence-corrected chi connectivity index (χ1v) is 8.25. The lowest BCUT2D eigenvalue weighted by atomic mass is 10.1. The molecule has 27 heavy (non-hydrogen) atoms. The van der Waals surface area contributed by atoms with Gasteiger partial charge in [0.2, 0.25) is 0 Å². The molecule has 0 aliphatic rings. The number of nitrogens with one attached hydrogen (secondary N) is 2. The third-order valence-corrected chi connectivity index (χ3v) is 3.95. The van der Waals surface area contributed by atoms with Crippen molar-refractivity contribution in [3.8, 4) is 0 Å². The van der Waals surface area contributed by atoms with Crippen LogP contribution in [0.1, 0.15) is 21.5 Å². The molecule has 0 saturated carbocycles. The highest BCUT2D eigenvalue weighted by Gasteiger charge is 2.33. The molecule has 0 aromatic heterocycles. The molecule has 138 valence electrons. The SMILES string of the molecule is Cc1cccc(NC(=O)c2ccccc2Nc2ccccc2C(F)(F)F)c1. The van der Waals surface area contributed by atoms with Crippen molar-refractivity contribution >= 4 is 23.0 Å². The Hall–Kier alpha value is -3.28. The summed E-state index contributed by atoms with van der Waals surface area (Å²) in [5, 5.41) is 5.51. The lowest BCUT2D eigenvalue weighted by Gasteiger charge is -2.16. The van der Waals surface area contributed by atoms with Crippen LogP contribution in [0.15, 0.2) is 72.8 Å². The van der Waals surface area contributed by atoms with Crippen molar-refractivity contribution in [2.24, 2.45) is 0 Å². The van der Waals surface area contributed by atoms with E-state index in [0.29, 0.717) is 11.4 Å². The third-order valence-electron chi connectivity index (χ3n) is 3.95. The normalized spacial score (nSPS) is 11.1. The van der Waals surface area contributed by atoms with Gasteiger partial charge < -0.3 is 10.6 Å². The fourth-order valence-electron chi connectivity index (χ4n) is 2.70. The van der Waals surface area contributed by atoms with Crippen LogP contribution in [0.3, 0.4) is 0 Å². The summed E-state index contributed by atoms with van der Waals surface area (Å²) < 4.78 is 39.6. The van der Waals surface area contributed by atoms with Crippen LogP contribution < -0.4 is 10.6 Å². The molecule has 3 aromatic carbocycles. The molecule has 0 aliphatic carbocycles. The number of aryl methyl sites for hydroxylation is 1. The summed E-state index contributed by atoms with van der Waals surface area (Å²) in [6.07, 6.45) is -4.50. The Morgan fingerprint density at radius 2 is 1.52 bits per heavy atom. The molecule has 3 aromatic rings. The van der Waals surface area contributed by atoms with E-state index in [0.717, 1.165) is 11.6 Å². The largest absolute Gasteiger partial charge is 0.418 e. The number of alkyl halides is 3. The second kappa shape index (κ2) is 7.53. The van der Waals surface area contributed by atoms with Gasteiger partial charge in [-0.2, -0.15) is 13.2 Å². The first kappa shape index (κ1) is 18.5. The van der Waals surface area contributed by atoms with E-state index in [9.17, 15) is 18.0 Å². The highest BCUT2D eigenvalue weighted by Crippen LogP contribution is 2.36. The standard InChI is InChI=1S/C21H17F3N2O/c1-14-7-6-8-15(13-14)25-20(27)16-9-2-4-11-18(16)26-19-12-5-3-10-17(19)21(22,23)24/h2-13,26H,1H3,(H,25,27). The van der Waals surface area contributed by atoms with Crippen LogP contribution in [0.4, 0.5) is 30.2 Å². The Bertz CT molecular complexity index is 967. The van der Waals surface area contributed by atoms with Crippen molar-refractivity contribution in [2.45, 2.75) is 13.1 Å². The van der Waals surface area contributed by atoms with Crippen molar-refractivity contribution in [3.05, 3.63) is 89.5 Å². The van der Waals surface area contributed by atoms with Gasteiger partial charge in [0.1, 0.15) is 0 Å². The fraction of sp³-hybridized carbons (Fsp3) is 0.0952. The summed E-state index contributed by atoms with van der Waals surface area (Å²) in [5.41, 5.74) is 1.24. The number of carbonyl (C=O) groups is 1. The number of anilines is 3. The minimum atomic E-state index is -4.50. The molecule has 1 amide bonds. The molecule has 0 aliphatic heterocycles. The monoisotopic (exact) mass is 370 g/mol. The van der Waals surface area contributed by atoms with Crippen LogP contribution in [-0.2, 0) is 6.18 Å². The average molecular weight is 370 g/mol. The minimum Gasteiger partial charge on any atom is -0.354 e. The molecule has 0 saturated heterocycles. The predicted molar refractivity (Wildman–Crippen MR) is 100 cm³/mol. The van der Waals surface area contributed by atoms with Crippen LogP contribution in [0.5, 0.6) is 0 Å². The predicted octanol–water partition coefficient (Wildman–Crippen LogP) is 6.01. The molecule has 0 radical (unpaired) electrons. The summed E-state index contributed by atoms with van der Waals surface area (Å²) in [4.78, 5) is 12.6. The zero-order valence-electron chi connectivity index (χ0n) is 14.5. The van der Waals surface area contributed by atoms with Crippen LogP contribution >= 0.6 is 0 Å². The smallest absolute Gasteiger partial charge is 0.354 e. The minimum absolute atomic E-state index is 0.110. The Morgan fingerprint density at radius 1 is 0.852 bits per heavy atom. The van der Waals surface area contributed by atoms with Crippen molar-refractivity contribution in [1.82, 2.24) is 0 Å². The quantitative estimate of drug-likeness (QED) is 0.590. The van der Waals surface area contributed by atoms with E-state index in [1.54, 1.807) is 30.3 Å². The Labute approximate surface area is 154 Å². The number of halogens is 3. The summed E-state index contributed by atoms with van der Waals surface area (Å²) in [5.74, 6) is -0.409. The number of carbonyl (C=O) groups excluding carboxylic acids is 1. The van der Waals surface area contributed by atoms with Gasteiger partial charge in [-0.1, -0.05) is 36.4 Å². The zero-order valence-corrected chi connectivity index (χ0v) is 14.5. The van der Waals surface area contributed by atoms with Crippen molar-refractivity contribution < 1.29 is 18.0 Å². The molecule has 0 fully saturated rings. The molecule has 2 N–H and O–H groups in total. The molecule has 0 heterocycles. The second-order valence-corrected chi connectivity index (χ2v) is 6.04. The van der Waals surface area contributed by atoms with Crippen molar-refractivity contribution in [3.63, 3.8) is 0 Å². The van der Waals surface area contributed by atoms with Gasteiger partial charge in [0, 0.05) is 5.69 Å². The Kier molecular flexibility index (Phi) is 5.16. The molecular formula is C21H17F3N2O. The third kappa shape index (κ3) is 4.47. The molecule has 0 bridgehead atoms. The molecule has 0 atom stereocenters. The second-order valence-electron chi connectivity index (χ2n) is 6.04. The van der Waals surface area contributed by atoms with Crippen LogP contribution in [-0.4, -0.2) is 5.91 Å². The van der Waals surface area contributed by atoms with Crippen LogP contribution in [0, 0.1) is 6.92 Å². The topological polar surface area (TPSA) is 41.1 Å². The maximum absolute atomic E-state index is 13.2. The number of hydrogen-bond acceptors (Lipinski definition) is 2. The highest BCUT2D eigenvalue weighted by molar-refractivity contribution is 6.08. The van der Waals surface area contributed by atoms with Gasteiger partial charge >= 0.3 is 6.18 Å². The Balaban J connectivity index is 1.90. The summed E-state index contributed by atoms with van der Waals surface area (Å²) in [7, 11) is 0. The number of amides is 1. The fourth-order valence-corrected chi connectivity index (χ4v) is 2.70. The van der Waals surface area contributed by atoms with Crippen LogP contribution in [0.2, 0.25) is 0 Å². The van der Waals surface area contributed by atoms with Gasteiger partial charge in [-0.15, -0.1) is 0 Å². The average Bonchev–Trinajstić information content (AvgIpc) is 2.62. The van der Waals surface area contributed by atoms with Gasteiger partial charge in [0.05, 0.1) is 22.5 Å². The van der Waals surface area contributed by atoms with E-state index in [4.69, 9.17) is 0 Å². The molecule has 0 spiro atoms. The molecule has 0 unspecified atom stereocenters. The van der Waals surface area contributed by atoms with Gasteiger partial charge in [-0.25, -0.2) is 0 Å². The number of benzene rings is 3. The summed E-state index contributed by atoms with van der Waals surface area (Å²) >= 11 is 0. The molecule has 3 rings (SSSR count). The van der Waals surface area contributed by atoms with E-state index in [2.05, 4.69) is 10.6 Å². The van der Waals surface area contributed by atoms with Gasteiger partial charge in [-0.3, -0.25) is 4.79 Å². The van der Waals surface area contributed by atoms with E-state index in [1.165, 1.54) is 18.2 Å². The summed E-state index contributed by atoms with van der Waals surface area (Å²) in [6, 6.07) is 18.9. The first-order valence-electron chi connectivity index (χ1n) is 8.25.